The van der Waals surface area contributed by atoms with Crippen molar-refractivity contribution in [1.82, 2.24) is 14.6 Å². The molecular formula is C24H23BrN6O5. The molecule has 0 radical (unpaired) electrons. The lowest BCUT2D eigenvalue weighted by Gasteiger charge is -2.15. The van der Waals surface area contributed by atoms with Gasteiger partial charge in [0.05, 0.1) is 23.4 Å². The highest BCUT2D eigenvalue weighted by Crippen LogP contribution is 2.24. The van der Waals surface area contributed by atoms with Crippen molar-refractivity contribution >= 4 is 33.7 Å². The number of hydrazone groups is 1. The van der Waals surface area contributed by atoms with Crippen molar-refractivity contribution in [2.75, 3.05) is 7.11 Å². The summed E-state index contributed by atoms with van der Waals surface area (Å²) < 4.78 is 8.65. The van der Waals surface area contributed by atoms with Crippen molar-refractivity contribution in [3.63, 3.8) is 0 Å². The van der Waals surface area contributed by atoms with Gasteiger partial charge >= 0.3 is 0 Å². The van der Waals surface area contributed by atoms with Crippen LogP contribution in [0.4, 0.5) is 5.69 Å². The first-order valence-corrected chi connectivity index (χ1v) is 11.5. The van der Waals surface area contributed by atoms with Gasteiger partial charge in [-0.3, -0.25) is 19.7 Å². The maximum Gasteiger partial charge on any atom is 0.271 e. The topological polar surface area (TPSA) is 145 Å². The summed E-state index contributed by atoms with van der Waals surface area (Å²) in [5, 5.41) is 24.6. The molecule has 0 bridgehead atoms. The number of aryl methyl sites for hydroxylation is 1. The number of nitriles is 1. The van der Waals surface area contributed by atoms with Crippen molar-refractivity contribution in [2.24, 2.45) is 5.10 Å². The first-order valence-electron chi connectivity index (χ1n) is 10.7. The van der Waals surface area contributed by atoms with Crippen molar-refractivity contribution in [3.05, 3.63) is 89.0 Å². The zero-order valence-corrected chi connectivity index (χ0v) is 21.6. The molecule has 0 aliphatic rings. The lowest BCUT2D eigenvalue weighted by atomic mass is 10.1. The van der Waals surface area contributed by atoms with Crippen LogP contribution in [0.15, 0.2) is 44.7 Å². The Morgan fingerprint density at radius 1 is 1.31 bits per heavy atom. The normalized spacial score (nSPS) is 11.0. The summed E-state index contributed by atoms with van der Waals surface area (Å²) >= 11 is 3.39. The highest BCUT2D eigenvalue weighted by Gasteiger charge is 2.19. The van der Waals surface area contributed by atoms with Crippen LogP contribution >= 0.6 is 15.9 Å². The van der Waals surface area contributed by atoms with Crippen LogP contribution < -0.4 is 11.0 Å². The Labute approximate surface area is 214 Å². The van der Waals surface area contributed by atoms with Crippen molar-refractivity contribution in [3.8, 4) is 11.8 Å². The predicted octanol–water partition coefficient (Wildman–Crippen LogP) is 3.40. The molecule has 1 aromatic carbocycles. The van der Waals surface area contributed by atoms with Crippen LogP contribution in [-0.4, -0.2) is 33.3 Å². The number of nitro groups is 1. The fraction of sp³-hybridized carbons (Fsp3) is 0.250. The van der Waals surface area contributed by atoms with Crippen LogP contribution in [0, 0.1) is 42.2 Å². The van der Waals surface area contributed by atoms with Gasteiger partial charge in [-0.25, -0.2) is 5.43 Å². The number of nitrogens with one attached hydrogen (secondary N) is 1. The maximum absolute atomic E-state index is 12.8. The molecule has 3 rings (SSSR count). The standard InChI is InChI=1S/C24H23BrN6O5/c1-14-8-17(15(2)30(14)18-6-5-7-19(9-18)31(34)35)11-27-28-22(32)12-29-16(3)23(25)21(13-36-4)20(10-26)24(29)33/h5-9,11H,12-13H2,1-4H3,(H,28,32)/b27-11+. The molecule has 0 atom stereocenters. The van der Waals surface area contributed by atoms with Crippen LogP contribution in [0.3, 0.4) is 0 Å². The summed E-state index contributed by atoms with van der Waals surface area (Å²) in [6.45, 7) is 5.08. The third-order valence-electron chi connectivity index (χ3n) is 5.61. The van der Waals surface area contributed by atoms with E-state index in [1.54, 1.807) is 19.1 Å². The van der Waals surface area contributed by atoms with E-state index < -0.39 is 16.4 Å². The molecule has 0 fully saturated rings. The van der Waals surface area contributed by atoms with E-state index in [0.29, 0.717) is 27.0 Å². The number of hydrogen-bond donors (Lipinski definition) is 1. The van der Waals surface area contributed by atoms with Gasteiger partial charge in [0.2, 0.25) is 0 Å². The van der Waals surface area contributed by atoms with E-state index in [1.807, 2.05) is 30.6 Å². The third-order valence-corrected chi connectivity index (χ3v) is 6.66. The summed E-state index contributed by atoms with van der Waals surface area (Å²) in [5.41, 5.74) is 5.53. The van der Waals surface area contributed by atoms with Crippen LogP contribution in [-0.2, 0) is 22.7 Å². The van der Waals surface area contributed by atoms with Crippen molar-refractivity contribution < 1.29 is 14.5 Å². The number of halogens is 1. The van der Waals surface area contributed by atoms with E-state index in [2.05, 4.69) is 26.5 Å². The number of nitro benzene ring substituents is 1. The zero-order chi connectivity index (χ0) is 26.6. The van der Waals surface area contributed by atoms with Gasteiger partial charge in [0.25, 0.3) is 17.2 Å². The van der Waals surface area contributed by atoms with Gasteiger partial charge in [-0.15, -0.1) is 0 Å². The Morgan fingerprint density at radius 2 is 2.03 bits per heavy atom. The zero-order valence-electron chi connectivity index (χ0n) is 20.0. The number of non-ortho nitro benzene ring substituents is 1. The Morgan fingerprint density at radius 3 is 2.67 bits per heavy atom. The van der Waals surface area contributed by atoms with Crippen LogP contribution in [0.5, 0.6) is 0 Å². The number of methoxy groups -OCH3 is 1. The van der Waals surface area contributed by atoms with Crippen LogP contribution in [0.2, 0.25) is 0 Å². The summed E-state index contributed by atoms with van der Waals surface area (Å²) in [5.74, 6) is -0.556. The molecule has 12 heteroatoms. The van der Waals surface area contributed by atoms with Gasteiger partial charge in [0.15, 0.2) is 0 Å². The first kappa shape index (κ1) is 26.5. The summed E-state index contributed by atoms with van der Waals surface area (Å²) in [6, 6.07) is 10.0. The molecule has 2 heterocycles. The lowest BCUT2D eigenvalue weighted by molar-refractivity contribution is -0.384. The molecule has 0 aliphatic heterocycles. The number of benzene rings is 1. The van der Waals surface area contributed by atoms with Gasteiger partial charge < -0.3 is 13.9 Å². The molecule has 1 N–H and O–H groups in total. The highest BCUT2D eigenvalue weighted by atomic mass is 79.9. The van der Waals surface area contributed by atoms with Gasteiger partial charge in [-0.2, -0.15) is 10.4 Å². The van der Waals surface area contributed by atoms with Crippen LogP contribution in [0.1, 0.15) is 33.8 Å². The second kappa shape index (κ2) is 11.1. The van der Waals surface area contributed by atoms with Gasteiger partial charge in [0.1, 0.15) is 18.2 Å². The van der Waals surface area contributed by atoms with Crippen molar-refractivity contribution in [2.45, 2.75) is 33.9 Å². The van der Waals surface area contributed by atoms with E-state index in [0.717, 1.165) is 11.4 Å². The smallest absolute Gasteiger partial charge is 0.271 e. The lowest BCUT2D eigenvalue weighted by Crippen LogP contribution is -2.33. The Balaban J connectivity index is 1.81. The third kappa shape index (κ3) is 5.27. The Hall–Kier alpha value is -4.08. The number of nitrogens with zero attached hydrogens (tertiary/aromatic N) is 5. The molecule has 11 nitrogen and oxygen atoms in total. The SMILES string of the molecule is COCc1c(Br)c(C)n(CC(=O)N/N=C/c2cc(C)n(-c3cccc([N+](=O)[O-])c3)c2C)c(=O)c1C#N. The molecular weight excluding hydrogens is 532 g/mol. The molecule has 1 amide bonds. The number of pyridine rings is 1. The molecule has 36 heavy (non-hydrogen) atoms. The minimum atomic E-state index is -0.593. The van der Waals surface area contributed by atoms with E-state index in [-0.39, 0.29) is 24.4 Å². The number of amides is 1. The monoisotopic (exact) mass is 554 g/mol. The predicted molar refractivity (Wildman–Crippen MR) is 136 cm³/mol. The Bertz CT molecular complexity index is 1480. The fourth-order valence-corrected chi connectivity index (χ4v) is 4.39. The molecule has 2 aromatic heterocycles. The second-order valence-corrected chi connectivity index (χ2v) is 8.71. The van der Waals surface area contributed by atoms with Gasteiger partial charge in [-0.1, -0.05) is 6.07 Å². The second-order valence-electron chi connectivity index (χ2n) is 7.92. The minimum absolute atomic E-state index is 0.0190. The number of aromatic nitrogens is 2. The number of hydrogen-bond acceptors (Lipinski definition) is 7. The van der Waals surface area contributed by atoms with E-state index >= 15 is 0 Å². The minimum Gasteiger partial charge on any atom is -0.380 e. The fourth-order valence-electron chi connectivity index (χ4n) is 3.86. The first-order chi connectivity index (χ1) is 17.1. The van der Waals surface area contributed by atoms with E-state index in [4.69, 9.17) is 4.74 Å². The number of ether oxygens (including phenoxy) is 1. The average molecular weight is 555 g/mol. The van der Waals surface area contributed by atoms with E-state index in [1.165, 1.54) is 30.0 Å². The summed E-state index contributed by atoms with van der Waals surface area (Å²) in [4.78, 5) is 36.0. The molecule has 0 saturated carbocycles. The number of carbonyl (C=O) groups excluding carboxylic acids is 1. The summed E-state index contributed by atoms with van der Waals surface area (Å²) in [7, 11) is 1.46. The molecule has 3 aromatic rings. The van der Waals surface area contributed by atoms with Gasteiger partial charge in [-0.05, 0) is 48.8 Å². The van der Waals surface area contributed by atoms with Gasteiger partial charge in [0, 0.05) is 51.9 Å². The number of carbonyl (C=O) groups is 1. The molecule has 0 saturated heterocycles. The quantitative estimate of drug-likeness (QED) is 0.256. The molecule has 0 aliphatic carbocycles. The summed E-state index contributed by atoms with van der Waals surface area (Å²) in [6.07, 6.45) is 1.46. The number of rotatable bonds is 8. The Kier molecular flexibility index (Phi) is 8.18. The van der Waals surface area contributed by atoms with Crippen LogP contribution in [0.25, 0.3) is 5.69 Å². The maximum atomic E-state index is 12.8. The molecule has 186 valence electrons. The van der Waals surface area contributed by atoms with E-state index in [9.17, 15) is 25.0 Å². The molecule has 0 unspecified atom stereocenters. The van der Waals surface area contributed by atoms with Crippen molar-refractivity contribution in [1.29, 1.82) is 5.26 Å². The molecule has 0 spiro atoms. The highest BCUT2D eigenvalue weighted by molar-refractivity contribution is 9.10. The average Bonchev–Trinajstić information content (AvgIpc) is 3.13. The largest absolute Gasteiger partial charge is 0.380 e.